The van der Waals surface area contributed by atoms with E-state index < -0.39 is 0 Å². The maximum atomic E-state index is 12.3. The van der Waals surface area contributed by atoms with Crippen LogP contribution in [-0.2, 0) is 9.59 Å². The zero-order valence-corrected chi connectivity index (χ0v) is 14.4. The molecule has 1 saturated carbocycles. The van der Waals surface area contributed by atoms with Crippen molar-refractivity contribution in [1.82, 2.24) is 15.1 Å². The largest absolute Gasteiger partial charge is 0.355 e. The van der Waals surface area contributed by atoms with Crippen LogP contribution in [0.2, 0.25) is 0 Å². The predicted molar refractivity (Wildman–Crippen MR) is 89.9 cm³/mol. The first-order chi connectivity index (χ1) is 11.1. The third-order valence-corrected chi connectivity index (χ3v) is 5.57. The van der Waals surface area contributed by atoms with Crippen LogP contribution in [0.4, 0.5) is 0 Å². The fourth-order valence-electron chi connectivity index (χ4n) is 3.92. The molecule has 1 N–H and O–H groups in total. The summed E-state index contributed by atoms with van der Waals surface area (Å²) >= 11 is 0. The van der Waals surface area contributed by atoms with Crippen molar-refractivity contribution in [3.05, 3.63) is 0 Å². The second kappa shape index (κ2) is 7.65. The van der Waals surface area contributed by atoms with Crippen LogP contribution in [0.3, 0.4) is 0 Å². The topological polar surface area (TPSA) is 52.7 Å². The number of carbonyl (C=O) groups is 2. The summed E-state index contributed by atoms with van der Waals surface area (Å²) in [6.07, 6.45) is 6.39. The van der Waals surface area contributed by atoms with Gasteiger partial charge >= 0.3 is 0 Å². The molecule has 2 aliphatic heterocycles. The Morgan fingerprint density at radius 2 is 1.74 bits per heavy atom. The van der Waals surface area contributed by atoms with Crippen molar-refractivity contribution < 1.29 is 9.59 Å². The number of nitrogens with zero attached hydrogens (tertiary/aromatic N) is 2. The van der Waals surface area contributed by atoms with E-state index in [0.717, 1.165) is 64.3 Å². The van der Waals surface area contributed by atoms with Gasteiger partial charge in [-0.15, -0.1) is 0 Å². The average Bonchev–Trinajstić information content (AvgIpc) is 3.39. The third-order valence-electron chi connectivity index (χ3n) is 5.57. The van der Waals surface area contributed by atoms with Crippen molar-refractivity contribution in [2.24, 2.45) is 17.8 Å². The highest BCUT2D eigenvalue weighted by Gasteiger charge is 2.35. The van der Waals surface area contributed by atoms with Crippen LogP contribution in [0.15, 0.2) is 0 Å². The molecule has 1 atom stereocenters. The number of piperidine rings is 2. The highest BCUT2D eigenvalue weighted by molar-refractivity contribution is 5.82. The summed E-state index contributed by atoms with van der Waals surface area (Å²) in [6.45, 7) is 7.89. The first-order valence-electron chi connectivity index (χ1n) is 9.42. The van der Waals surface area contributed by atoms with Crippen LogP contribution in [-0.4, -0.2) is 60.9 Å². The molecule has 3 aliphatic rings. The summed E-state index contributed by atoms with van der Waals surface area (Å²) in [5.74, 6) is 1.69. The Morgan fingerprint density at radius 1 is 1.00 bits per heavy atom. The van der Waals surface area contributed by atoms with Gasteiger partial charge in [0.25, 0.3) is 0 Å². The average molecular weight is 321 g/mol. The van der Waals surface area contributed by atoms with E-state index in [0.29, 0.717) is 11.8 Å². The molecule has 2 saturated heterocycles. The smallest absolute Gasteiger partial charge is 0.225 e. The van der Waals surface area contributed by atoms with E-state index in [2.05, 4.69) is 17.1 Å². The summed E-state index contributed by atoms with van der Waals surface area (Å²) < 4.78 is 0. The van der Waals surface area contributed by atoms with Gasteiger partial charge in [0.05, 0.1) is 0 Å². The molecular formula is C18H31N3O2. The van der Waals surface area contributed by atoms with E-state index in [-0.39, 0.29) is 11.8 Å². The maximum Gasteiger partial charge on any atom is 0.225 e. The molecule has 0 spiro atoms. The molecule has 0 radical (unpaired) electrons. The molecule has 3 rings (SSSR count). The Labute approximate surface area is 139 Å². The van der Waals surface area contributed by atoms with Crippen molar-refractivity contribution in [2.45, 2.75) is 45.4 Å². The van der Waals surface area contributed by atoms with Gasteiger partial charge in [-0.05, 0) is 51.0 Å². The molecule has 5 nitrogen and oxygen atoms in total. The number of nitrogens with one attached hydrogen (secondary N) is 1. The lowest BCUT2D eigenvalue weighted by Gasteiger charge is -2.32. The zero-order valence-electron chi connectivity index (χ0n) is 14.4. The second-order valence-corrected chi connectivity index (χ2v) is 7.71. The molecule has 5 heteroatoms. The standard InChI is InChI=1S/C18H31N3O2/c1-14-3-2-9-20(13-14)12-8-19-17(22)15-6-10-21(11-7-15)18(23)16-4-5-16/h14-16H,2-13H2,1H3,(H,19,22)/t14-/m0/s1. The highest BCUT2D eigenvalue weighted by Crippen LogP contribution is 2.32. The Morgan fingerprint density at radius 3 is 2.39 bits per heavy atom. The van der Waals surface area contributed by atoms with Gasteiger partial charge < -0.3 is 15.1 Å². The van der Waals surface area contributed by atoms with Gasteiger partial charge in [-0.25, -0.2) is 0 Å². The quantitative estimate of drug-likeness (QED) is 0.834. The summed E-state index contributed by atoms with van der Waals surface area (Å²) in [6, 6.07) is 0. The molecule has 130 valence electrons. The minimum absolute atomic E-state index is 0.0959. The number of hydrogen-bond donors (Lipinski definition) is 1. The summed E-state index contributed by atoms with van der Waals surface area (Å²) in [5.41, 5.74) is 0. The minimum Gasteiger partial charge on any atom is -0.355 e. The van der Waals surface area contributed by atoms with Gasteiger partial charge in [-0.2, -0.15) is 0 Å². The van der Waals surface area contributed by atoms with Crippen LogP contribution in [0, 0.1) is 17.8 Å². The number of rotatable bonds is 5. The Balaban J connectivity index is 1.32. The van der Waals surface area contributed by atoms with Crippen LogP contribution in [0.25, 0.3) is 0 Å². The van der Waals surface area contributed by atoms with Gasteiger partial charge in [0.2, 0.25) is 11.8 Å². The molecule has 0 bridgehead atoms. The molecule has 2 amide bonds. The Bertz CT molecular complexity index is 428. The normalized spacial score (nSPS) is 27.0. The van der Waals surface area contributed by atoms with Gasteiger partial charge in [0, 0.05) is 44.6 Å². The van der Waals surface area contributed by atoms with Crippen molar-refractivity contribution in [3.8, 4) is 0 Å². The lowest BCUT2D eigenvalue weighted by atomic mass is 9.95. The van der Waals surface area contributed by atoms with Crippen LogP contribution < -0.4 is 5.32 Å². The van der Waals surface area contributed by atoms with Crippen molar-refractivity contribution in [3.63, 3.8) is 0 Å². The van der Waals surface area contributed by atoms with Gasteiger partial charge in [0.1, 0.15) is 0 Å². The molecule has 0 aromatic rings. The zero-order chi connectivity index (χ0) is 16.2. The lowest BCUT2D eigenvalue weighted by molar-refractivity contribution is -0.136. The number of amides is 2. The highest BCUT2D eigenvalue weighted by atomic mass is 16.2. The Kier molecular flexibility index (Phi) is 5.57. The first-order valence-corrected chi connectivity index (χ1v) is 9.42. The van der Waals surface area contributed by atoms with E-state index in [4.69, 9.17) is 0 Å². The monoisotopic (exact) mass is 321 g/mol. The number of hydrogen-bond acceptors (Lipinski definition) is 3. The molecule has 2 heterocycles. The maximum absolute atomic E-state index is 12.3. The van der Waals surface area contributed by atoms with Crippen molar-refractivity contribution in [2.75, 3.05) is 39.3 Å². The van der Waals surface area contributed by atoms with Crippen LogP contribution >= 0.6 is 0 Å². The lowest BCUT2D eigenvalue weighted by Crippen LogP contribution is -2.45. The van der Waals surface area contributed by atoms with Gasteiger partial charge in [0.15, 0.2) is 0 Å². The number of likely N-dealkylation sites (tertiary alicyclic amines) is 2. The van der Waals surface area contributed by atoms with E-state index in [1.54, 1.807) is 0 Å². The fourth-order valence-corrected chi connectivity index (χ4v) is 3.92. The molecular weight excluding hydrogens is 290 g/mol. The molecule has 3 fully saturated rings. The third kappa shape index (κ3) is 4.69. The van der Waals surface area contributed by atoms with E-state index in [1.807, 2.05) is 4.90 Å². The number of carbonyl (C=O) groups excluding carboxylic acids is 2. The van der Waals surface area contributed by atoms with Gasteiger partial charge in [-0.3, -0.25) is 9.59 Å². The van der Waals surface area contributed by atoms with Crippen LogP contribution in [0.5, 0.6) is 0 Å². The molecule has 1 aliphatic carbocycles. The molecule has 0 unspecified atom stereocenters. The van der Waals surface area contributed by atoms with E-state index in [1.165, 1.54) is 19.4 Å². The first kappa shape index (κ1) is 16.7. The van der Waals surface area contributed by atoms with Gasteiger partial charge in [-0.1, -0.05) is 6.92 Å². The molecule has 0 aromatic carbocycles. The summed E-state index contributed by atoms with van der Waals surface area (Å²) in [5, 5.41) is 3.11. The summed E-state index contributed by atoms with van der Waals surface area (Å²) in [7, 11) is 0. The summed E-state index contributed by atoms with van der Waals surface area (Å²) in [4.78, 5) is 28.8. The molecule has 23 heavy (non-hydrogen) atoms. The minimum atomic E-state index is 0.0959. The SMILES string of the molecule is C[C@H]1CCCN(CCNC(=O)C2CCN(C(=O)C3CC3)CC2)C1. The predicted octanol–water partition coefficient (Wildman–Crippen LogP) is 1.48. The van der Waals surface area contributed by atoms with Crippen molar-refractivity contribution >= 4 is 11.8 Å². The molecule has 0 aromatic heterocycles. The Hall–Kier alpha value is -1.10. The van der Waals surface area contributed by atoms with E-state index >= 15 is 0 Å². The second-order valence-electron chi connectivity index (χ2n) is 7.71. The van der Waals surface area contributed by atoms with Crippen LogP contribution in [0.1, 0.15) is 45.4 Å². The van der Waals surface area contributed by atoms with Crippen molar-refractivity contribution in [1.29, 1.82) is 0 Å². The fraction of sp³-hybridized carbons (Fsp3) is 0.889. The van der Waals surface area contributed by atoms with E-state index in [9.17, 15) is 9.59 Å².